The van der Waals surface area contributed by atoms with Gasteiger partial charge in [0.15, 0.2) is 5.03 Å². The molecule has 0 saturated carbocycles. The number of dihydropyridines is 1. The van der Waals surface area contributed by atoms with Crippen molar-refractivity contribution in [3.63, 3.8) is 0 Å². The van der Waals surface area contributed by atoms with Crippen molar-refractivity contribution in [3.05, 3.63) is 88.6 Å². The van der Waals surface area contributed by atoms with Gasteiger partial charge < -0.3 is 19.5 Å². The van der Waals surface area contributed by atoms with Gasteiger partial charge in [-0.2, -0.15) is 0 Å². The van der Waals surface area contributed by atoms with Crippen LogP contribution < -0.4 is 16.3 Å². The van der Waals surface area contributed by atoms with Crippen LogP contribution in [0.3, 0.4) is 0 Å². The zero-order valence-corrected chi connectivity index (χ0v) is 21.9. The third-order valence-electron chi connectivity index (χ3n) is 5.33. The van der Waals surface area contributed by atoms with E-state index < -0.39 is 28.4 Å². The van der Waals surface area contributed by atoms with Crippen LogP contribution in [0.2, 0.25) is 10.0 Å². The van der Waals surface area contributed by atoms with Gasteiger partial charge in [-0.15, -0.1) is 0 Å². The zero-order chi connectivity index (χ0) is 28.0. The molecule has 38 heavy (non-hydrogen) atoms. The molecule has 0 saturated heterocycles. The van der Waals surface area contributed by atoms with E-state index in [0.29, 0.717) is 11.3 Å². The van der Waals surface area contributed by atoms with Crippen LogP contribution in [0.1, 0.15) is 31.0 Å². The van der Waals surface area contributed by atoms with Gasteiger partial charge in [-0.3, -0.25) is 9.78 Å². The first kappa shape index (κ1) is 28.6. The number of allylic oxidation sites excluding steroid dienone is 1. The lowest BCUT2D eigenvalue weighted by atomic mass is 9.80. The van der Waals surface area contributed by atoms with Gasteiger partial charge in [-0.25, -0.2) is 24.7 Å². The summed E-state index contributed by atoms with van der Waals surface area (Å²) in [5.41, 5.74) is 2.37. The predicted molar refractivity (Wildman–Crippen MR) is 136 cm³/mol. The smallest absolute Gasteiger partial charge is 0.336 e. The molecule has 1 unspecified atom stereocenters. The van der Waals surface area contributed by atoms with E-state index in [2.05, 4.69) is 15.3 Å². The fourth-order valence-corrected chi connectivity index (χ4v) is 4.29. The van der Waals surface area contributed by atoms with E-state index >= 15 is 0 Å². The Bertz CT molecular complexity index is 1390. The van der Waals surface area contributed by atoms with Gasteiger partial charge in [-0.05, 0) is 25.5 Å². The summed E-state index contributed by atoms with van der Waals surface area (Å²) in [7, 11) is 1.21. The quantitative estimate of drug-likeness (QED) is 0.218. The molecule has 2 heterocycles. The van der Waals surface area contributed by atoms with Crippen molar-refractivity contribution in [1.29, 1.82) is 0 Å². The highest BCUT2D eigenvalue weighted by atomic mass is 35.5. The highest BCUT2D eigenvalue weighted by Gasteiger charge is 2.40. The minimum Gasteiger partial charge on any atom is -0.466 e. The topological polar surface area (TPSA) is 175 Å². The van der Waals surface area contributed by atoms with Crippen LogP contribution in [0.4, 0.5) is 5.95 Å². The lowest BCUT2D eigenvalue weighted by molar-refractivity contribution is -0.446. The molecule has 1 aromatic heterocycles. The van der Waals surface area contributed by atoms with Gasteiger partial charge in [-0.1, -0.05) is 40.8 Å². The molecule has 0 aliphatic carbocycles. The van der Waals surface area contributed by atoms with Crippen molar-refractivity contribution >= 4 is 41.1 Å². The SMILES string of the molecule is CCOC(=O)C1=C(COCc2cc(=O)[nH]c(N[N+](=O)[O-])n2)NC(C)=C(C(=O)OC)C1c1cccc(Cl)c1Cl. The minimum atomic E-state index is -1.01. The Hall–Kier alpha value is -3.94. The molecule has 13 nitrogen and oxygen atoms in total. The van der Waals surface area contributed by atoms with Crippen LogP contribution in [-0.2, 0) is 30.4 Å². The van der Waals surface area contributed by atoms with Gasteiger partial charge in [0, 0.05) is 11.8 Å². The number of aromatic amines is 1. The third-order valence-corrected chi connectivity index (χ3v) is 6.16. The van der Waals surface area contributed by atoms with Crippen LogP contribution in [0.15, 0.2) is 51.6 Å². The van der Waals surface area contributed by atoms with E-state index in [1.54, 1.807) is 37.5 Å². The summed E-state index contributed by atoms with van der Waals surface area (Å²) < 4.78 is 16.0. The number of rotatable bonds is 10. The fraction of sp³-hybridized carbons (Fsp3) is 0.304. The Balaban J connectivity index is 2.04. The van der Waals surface area contributed by atoms with Crippen molar-refractivity contribution in [3.8, 4) is 0 Å². The second kappa shape index (κ2) is 12.5. The van der Waals surface area contributed by atoms with Gasteiger partial charge in [0.2, 0.25) is 0 Å². The number of nitrogens with zero attached hydrogens (tertiary/aromatic N) is 2. The highest BCUT2D eigenvalue weighted by Crippen LogP contribution is 2.43. The third kappa shape index (κ3) is 6.49. The van der Waals surface area contributed by atoms with Crippen LogP contribution in [0.25, 0.3) is 0 Å². The predicted octanol–water partition coefficient (Wildman–Crippen LogP) is 2.85. The van der Waals surface area contributed by atoms with Gasteiger partial charge >= 0.3 is 11.9 Å². The molecule has 0 spiro atoms. The number of anilines is 1. The van der Waals surface area contributed by atoms with E-state index in [0.717, 1.165) is 6.07 Å². The second-order valence-electron chi connectivity index (χ2n) is 7.79. The fourth-order valence-electron chi connectivity index (χ4n) is 3.87. The molecule has 1 aliphatic heterocycles. The van der Waals surface area contributed by atoms with E-state index in [1.807, 2.05) is 0 Å². The standard InChI is InChI=1S/C23H23Cl2N5O8/c1-4-38-22(33)19-15(10-37-9-12-8-16(31)28-23(27-12)29-30(34)35)26-11(2)17(21(32)36-3)18(19)13-6-5-7-14(24)20(13)25/h5-8,18,26H,4,9-10H2,1-3H3,(H2,27,28,29,31). The van der Waals surface area contributed by atoms with Crippen molar-refractivity contribution in [2.75, 3.05) is 25.7 Å². The first-order valence-electron chi connectivity index (χ1n) is 11.1. The molecule has 1 aromatic carbocycles. The molecule has 0 radical (unpaired) electrons. The summed E-state index contributed by atoms with van der Waals surface area (Å²) in [6, 6.07) is 5.93. The summed E-state index contributed by atoms with van der Waals surface area (Å²) in [6.45, 7) is 2.83. The lowest BCUT2D eigenvalue weighted by Gasteiger charge is -2.31. The number of H-pyrrole nitrogens is 1. The highest BCUT2D eigenvalue weighted by molar-refractivity contribution is 6.42. The Labute approximate surface area is 225 Å². The second-order valence-corrected chi connectivity index (χ2v) is 8.58. The number of benzene rings is 1. The van der Waals surface area contributed by atoms with E-state index in [4.69, 9.17) is 37.4 Å². The van der Waals surface area contributed by atoms with E-state index in [9.17, 15) is 24.5 Å². The molecule has 3 rings (SSSR count). The van der Waals surface area contributed by atoms with Crippen molar-refractivity contribution in [1.82, 2.24) is 15.3 Å². The molecule has 0 bridgehead atoms. The maximum Gasteiger partial charge on any atom is 0.336 e. The summed E-state index contributed by atoms with van der Waals surface area (Å²) in [6.07, 6.45) is 0. The number of hydrogen-bond acceptors (Lipinski definition) is 10. The molecule has 1 atom stereocenters. The normalized spacial score (nSPS) is 15.1. The maximum atomic E-state index is 13.2. The first-order valence-corrected chi connectivity index (χ1v) is 11.8. The number of nitro groups is 1. The number of carbonyl (C=O) groups is 2. The largest absolute Gasteiger partial charge is 0.466 e. The molecule has 0 fully saturated rings. The number of hydrogen-bond donors (Lipinski definition) is 3. The summed E-state index contributed by atoms with van der Waals surface area (Å²) in [5, 5.41) is 13.2. The van der Waals surface area contributed by atoms with Crippen molar-refractivity contribution in [2.45, 2.75) is 26.4 Å². The lowest BCUT2D eigenvalue weighted by Crippen LogP contribution is -2.34. The summed E-state index contributed by atoms with van der Waals surface area (Å²) in [4.78, 5) is 54.7. The number of carbonyl (C=O) groups excluding carboxylic acids is 2. The Morgan fingerprint density at radius 1 is 1.21 bits per heavy atom. The van der Waals surface area contributed by atoms with Gasteiger partial charge in [0.05, 0.1) is 65.4 Å². The minimum absolute atomic E-state index is 0.0385. The van der Waals surface area contributed by atoms with Crippen molar-refractivity contribution in [2.24, 2.45) is 0 Å². The van der Waals surface area contributed by atoms with Gasteiger partial charge in [0.1, 0.15) is 0 Å². The van der Waals surface area contributed by atoms with E-state index in [1.165, 1.54) is 7.11 Å². The number of esters is 2. The van der Waals surface area contributed by atoms with Crippen LogP contribution in [0, 0.1) is 10.1 Å². The number of methoxy groups -OCH3 is 1. The molecule has 3 N–H and O–H groups in total. The molecule has 1 aliphatic rings. The Kier molecular flexibility index (Phi) is 9.45. The molecule has 0 amide bonds. The average Bonchev–Trinajstić information content (AvgIpc) is 2.84. The van der Waals surface area contributed by atoms with Crippen molar-refractivity contribution < 1.29 is 28.8 Å². The maximum absolute atomic E-state index is 13.2. The number of ether oxygens (including phenoxy) is 3. The molecule has 15 heteroatoms. The molecular formula is C23H23Cl2N5O8. The molecule has 202 valence electrons. The van der Waals surface area contributed by atoms with Gasteiger partial charge in [0.25, 0.3) is 11.5 Å². The Morgan fingerprint density at radius 3 is 2.61 bits per heavy atom. The number of halogens is 2. The zero-order valence-electron chi connectivity index (χ0n) is 20.4. The first-order chi connectivity index (χ1) is 18.1. The molecule has 2 aromatic rings. The number of aromatic nitrogens is 2. The summed E-state index contributed by atoms with van der Waals surface area (Å²) in [5.74, 6) is -2.82. The monoisotopic (exact) mass is 567 g/mol. The van der Waals surface area contributed by atoms with Crippen LogP contribution >= 0.6 is 23.2 Å². The van der Waals surface area contributed by atoms with Crippen LogP contribution in [-0.4, -0.2) is 47.3 Å². The number of hydrazine groups is 1. The average molecular weight is 568 g/mol. The number of nitrogens with one attached hydrogen (secondary N) is 3. The van der Waals surface area contributed by atoms with Crippen LogP contribution in [0.5, 0.6) is 0 Å². The Morgan fingerprint density at radius 2 is 1.95 bits per heavy atom. The molecular weight excluding hydrogens is 545 g/mol. The van der Waals surface area contributed by atoms with E-state index in [-0.39, 0.29) is 58.4 Å². The summed E-state index contributed by atoms with van der Waals surface area (Å²) >= 11 is 12.7.